The molecule has 0 saturated heterocycles. The molecule has 2 aromatic rings. The molecular formula is C11H15N5O2. The van der Waals surface area contributed by atoms with Crippen molar-refractivity contribution < 1.29 is 9.32 Å². The van der Waals surface area contributed by atoms with Crippen LogP contribution in [0, 0.1) is 13.8 Å². The van der Waals surface area contributed by atoms with Crippen LogP contribution in [0.1, 0.15) is 40.9 Å². The third-order valence-corrected chi connectivity index (χ3v) is 2.61. The summed E-state index contributed by atoms with van der Waals surface area (Å²) >= 11 is 0. The summed E-state index contributed by atoms with van der Waals surface area (Å²) in [5, 5.41) is 10.5. The van der Waals surface area contributed by atoms with Crippen LogP contribution in [0.2, 0.25) is 0 Å². The summed E-state index contributed by atoms with van der Waals surface area (Å²) in [6, 6.07) is 1.38. The zero-order chi connectivity index (χ0) is 13.3. The maximum atomic E-state index is 11.9. The molecule has 0 saturated carbocycles. The summed E-state index contributed by atoms with van der Waals surface area (Å²) in [4.78, 5) is 16.0. The Kier molecular flexibility index (Phi) is 3.14. The topological polar surface area (TPSA) is 85.8 Å². The Balaban J connectivity index is 2.07. The number of carbonyl (C=O) groups excluding carboxylic acids is 1. The predicted molar refractivity (Wildman–Crippen MR) is 62.9 cm³/mol. The van der Waals surface area contributed by atoms with Crippen molar-refractivity contribution in [2.45, 2.75) is 26.8 Å². The molecule has 2 heterocycles. The van der Waals surface area contributed by atoms with Crippen molar-refractivity contribution in [3.8, 4) is 0 Å². The van der Waals surface area contributed by atoms with Crippen molar-refractivity contribution in [3.63, 3.8) is 0 Å². The zero-order valence-electron chi connectivity index (χ0n) is 10.8. The molecule has 96 valence electrons. The Morgan fingerprint density at radius 2 is 2.22 bits per heavy atom. The van der Waals surface area contributed by atoms with Crippen LogP contribution in [-0.2, 0) is 7.05 Å². The molecule has 0 bridgehead atoms. The van der Waals surface area contributed by atoms with Crippen molar-refractivity contribution in [3.05, 3.63) is 29.2 Å². The molecule has 0 aliphatic heterocycles. The highest BCUT2D eigenvalue weighted by Gasteiger charge is 2.18. The van der Waals surface area contributed by atoms with Crippen LogP contribution in [-0.4, -0.2) is 25.8 Å². The molecule has 1 amide bonds. The number of rotatable bonds is 3. The Labute approximate surface area is 104 Å². The van der Waals surface area contributed by atoms with E-state index in [1.54, 1.807) is 31.6 Å². The molecule has 2 aromatic heterocycles. The van der Waals surface area contributed by atoms with E-state index in [2.05, 4.69) is 20.6 Å². The summed E-state index contributed by atoms with van der Waals surface area (Å²) in [6.45, 7) is 5.39. The Morgan fingerprint density at radius 3 is 2.72 bits per heavy atom. The minimum Gasteiger partial charge on any atom is -0.339 e. The van der Waals surface area contributed by atoms with E-state index < -0.39 is 0 Å². The molecule has 0 radical (unpaired) electrons. The van der Waals surface area contributed by atoms with Gasteiger partial charge in [0.1, 0.15) is 11.7 Å². The van der Waals surface area contributed by atoms with Gasteiger partial charge in [-0.05, 0) is 26.8 Å². The first kappa shape index (κ1) is 12.3. The van der Waals surface area contributed by atoms with Crippen molar-refractivity contribution in [1.82, 2.24) is 25.2 Å². The van der Waals surface area contributed by atoms with Crippen molar-refractivity contribution in [2.75, 3.05) is 0 Å². The summed E-state index contributed by atoms with van der Waals surface area (Å²) in [7, 11) is 1.79. The minimum absolute atomic E-state index is 0.262. The first-order valence-corrected chi connectivity index (χ1v) is 5.59. The van der Waals surface area contributed by atoms with Gasteiger partial charge in [0.25, 0.3) is 5.91 Å². The lowest BCUT2D eigenvalue weighted by molar-refractivity contribution is 0.0926. The van der Waals surface area contributed by atoms with Gasteiger partial charge in [-0.1, -0.05) is 5.16 Å². The highest BCUT2D eigenvalue weighted by atomic mass is 16.5. The fourth-order valence-electron chi connectivity index (χ4n) is 1.49. The molecule has 0 spiro atoms. The molecule has 7 heteroatoms. The maximum Gasteiger partial charge on any atom is 0.272 e. The largest absolute Gasteiger partial charge is 0.339 e. The number of hydrogen-bond acceptors (Lipinski definition) is 5. The highest BCUT2D eigenvalue weighted by molar-refractivity contribution is 5.92. The Hall–Kier alpha value is -2.18. The van der Waals surface area contributed by atoms with Crippen molar-refractivity contribution in [1.29, 1.82) is 0 Å². The second-order valence-corrected chi connectivity index (χ2v) is 4.17. The average Bonchev–Trinajstić information content (AvgIpc) is 2.86. The van der Waals surface area contributed by atoms with E-state index in [-0.39, 0.29) is 11.9 Å². The summed E-state index contributed by atoms with van der Waals surface area (Å²) in [5.74, 6) is 0.662. The third-order valence-electron chi connectivity index (χ3n) is 2.61. The smallest absolute Gasteiger partial charge is 0.272 e. The van der Waals surface area contributed by atoms with Crippen molar-refractivity contribution >= 4 is 5.91 Å². The normalized spacial score (nSPS) is 12.4. The number of hydrogen-bond donors (Lipinski definition) is 1. The third kappa shape index (κ3) is 2.39. The van der Waals surface area contributed by atoms with Crippen molar-refractivity contribution in [2.24, 2.45) is 7.05 Å². The monoisotopic (exact) mass is 249 g/mol. The van der Waals surface area contributed by atoms with Crippen LogP contribution in [0.15, 0.2) is 10.6 Å². The van der Waals surface area contributed by atoms with Gasteiger partial charge in [-0.15, -0.1) is 0 Å². The summed E-state index contributed by atoms with van der Waals surface area (Å²) in [6.07, 6.45) is 0. The SMILES string of the molecule is Cc1noc(C(C)NC(=O)c2cc(C)n(C)n2)n1. The van der Waals surface area contributed by atoms with Crippen LogP contribution in [0.4, 0.5) is 0 Å². The second kappa shape index (κ2) is 4.59. The van der Waals surface area contributed by atoms with E-state index >= 15 is 0 Å². The average molecular weight is 249 g/mol. The zero-order valence-corrected chi connectivity index (χ0v) is 10.8. The van der Waals surface area contributed by atoms with E-state index in [9.17, 15) is 4.79 Å². The van der Waals surface area contributed by atoms with Crippen LogP contribution in [0.5, 0.6) is 0 Å². The molecule has 1 N–H and O–H groups in total. The number of nitrogens with one attached hydrogen (secondary N) is 1. The van der Waals surface area contributed by atoms with E-state index in [0.29, 0.717) is 17.4 Å². The fourth-order valence-corrected chi connectivity index (χ4v) is 1.49. The maximum absolute atomic E-state index is 11.9. The Morgan fingerprint density at radius 1 is 1.50 bits per heavy atom. The lowest BCUT2D eigenvalue weighted by Gasteiger charge is -2.07. The quantitative estimate of drug-likeness (QED) is 0.873. The summed E-state index contributed by atoms with van der Waals surface area (Å²) in [5.41, 5.74) is 1.29. The van der Waals surface area contributed by atoms with Crippen LogP contribution in [0.3, 0.4) is 0 Å². The van der Waals surface area contributed by atoms with Gasteiger partial charge in [-0.25, -0.2) is 0 Å². The molecule has 0 aliphatic carbocycles. The van der Waals surface area contributed by atoms with Gasteiger partial charge in [0.2, 0.25) is 5.89 Å². The van der Waals surface area contributed by atoms with Gasteiger partial charge >= 0.3 is 0 Å². The van der Waals surface area contributed by atoms with E-state index in [4.69, 9.17) is 4.52 Å². The number of carbonyl (C=O) groups is 1. The number of nitrogens with zero attached hydrogens (tertiary/aromatic N) is 4. The molecule has 1 unspecified atom stereocenters. The molecule has 18 heavy (non-hydrogen) atoms. The van der Waals surface area contributed by atoms with Crippen LogP contribution >= 0.6 is 0 Å². The first-order chi connectivity index (χ1) is 8.47. The van der Waals surface area contributed by atoms with Gasteiger partial charge in [-0.3, -0.25) is 9.48 Å². The van der Waals surface area contributed by atoms with Gasteiger partial charge in [0, 0.05) is 12.7 Å². The lowest BCUT2D eigenvalue weighted by Crippen LogP contribution is -2.27. The van der Waals surface area contributed by atoms with Gasteiger partial charge in [-0.2, -0.15) is 10.1 Å². The molecular weight excluding hydrogens is 234 g/mol. The highest BCUT2D eigenvalue weighted by Crippen LogP contribution is 2.10. The number of amides is 1. The molecule has 0 aromatic carbocycles. The molecule has 2 rings (SSSR count). The van der Waals surface area contributed by atoms with E-state index in [0.717, 1.165) is 5.69 Å². The lowest BCUT2D eigenvalue weighted by atomic mass is 10.3. The van der Waals surface area contributed by atoms with Gasteiger partial charge < -0.3 is 9.84 Å². The van der Waals surface area contributed by atoms with Gasteiger partial charge in [0.05, 0.1) is 0 Å². The van der Waals surface area contributed by atoms with Crippen LogP contribution in [0.25, 0.3) is 0 Å². The standard InChI is InChI=1S/C11H15N5O2/c1-6-5-9(14-16(6)4)10(17)12-7(2)11-13-8(3)15-18-11/h5,7H,1-4H3,(H,12,17). The van der Waals surface area contributed by atoms with Crippen LogP contribution < -0.4 is 5.32 Å². The van der Waals surface area contributed by atoms with E-state index in [1.165, 1.54) is 0 Å². The number of aromatic nitrogens is 4. The predicted octanol–water partition coefficient (Wildman–Crippen LogP) is 0.911. The number of aryl methyl sites for hydroxylation is 3. The fraction of sp³-hybridized carbons (Fsp3) is 0.455. The summed E-state index contributed by atoms with van der Waals surface area (Å²) < 4.78 is 6.64. The first-order valence-electron chi connectivity index (χ1n) is 5.59. The van der Waals surface area contributed by atoms with E-state index in [1.807, 2.05) is 6.92 Å². The molecule has 7 nitrogen and oxygen atoms in total. The molecule has 0 fully saturated rings. The minimum atomic E-state index is -0.346. The molecule has 1 atom stereocenters. The second-order valence-electron chi connectivity index (χ2n) is 4.17. The Bertz CT molecular complexity index is 552. The molecule has 0 aliphatic rings. The van der Waals surface area contributed by atoms with Gasteiger partial charge in [0.15, 0.2) is 5.82 Å².